The summed E-state index contributed by atoms with van der Waals surface area (Å²) >= 11 is 0. The second kappa shape index (κ2) is 8.47. The van der Waals surface area contributed by atoms with Crippen LogP contribution in [0.2, 0.25) is 0 Å². The molecule has 0 aromatic carbocycles. The van der Waals surface area contributed by atoms with E-state index in [0.717, 1.165) is 12.8 Å². The summed E-state index contributed by atoms with van der Waals surface area (Å²) in [7, 11) is 0. The van der Waals surface area contributed by atoms with Gasteiger partial charge in [-0.05, 0) is 12.5 Å². The van der Waals surface area contributed by atoms with Gasteiger partial charge in [0, 0.05) is 12.2 Å². The number of aliphatic hydroxyl groups is 2. The van der Waals surface area contributed by atoms with Gasteiger partial charge in [0.1, 0.15) is 0 Å². The average molecular weight is 200 g/mol. The molecule has 0 saturated heterocycles. The van der Waals surface area contributed by atoms with Gasteiger partial charge in [0.25, 0.3) is 0 Å². The zero-order chi connectivity index (χ0) is 10.8. The highest BCUT2D eigenvalue weighted by atomic mass is 16.3. The van der Waals surface area contributed by atoms with Crippen LogP contribution in [0.4, 0.5) is 0 Å². The molecule has 0 aliphatic carbocycles. The fourth-order valence-corrected chi connectivity index (χ4v) is 0.739. The molecule has 14 heavy (non-hydrogen) atoms. The predicted octanol–water partition coefficient (Wildman–Crippen LogP) is 1.36. The summed E-state index contributed by atoms with van der Waals surface area (Å²) in [5.41, 5.74) is 0.532. The fourth-order valence-electron chi connectivity index (χ4n) is 0.739. The molecule has 1 heterocycles. The fraction of sp³-hybridized carbons (Fsp3) is 0.500. The third-order valence-electron chi connectivity index (χ3n) is 1.57. The lowest BCUT2D eigenvalue weighted by atomic mass is 10.3. The Morgan fingerprint density at radius 3 is 2.50 bits per heavy atom. The second-order valence-corrected chi connectivity index (χ2v) is 2.66. The first-order chi connectivity index (χ1) is 6.79. The summed E-state index contributed by atoms with van der Waals surface area (Å²) in [6.45, 7) is 2.25. The third-order valence-corrected chi connectivity index (χ3v) is 1.57. The molecule has 0 amide bonds. The molecule has 0 unspecified atom stereocenters. The van der Waals surface area contributed by atoms with Crippen LogP contribution in [-0.2, 0) is 6.61 Å². The van der Waals surface area contributed by atoms with E-state index < -0.39 is 0 Å². The number of aliphatic hydroxyl groups excluding tert-OH is 2. The molecule has 4 heteroatoms. The summed E-state index contributed by atoms with van der Waals surface area (Å²) in [6.07, 6.45) is 3.98. The van der Waals surface area contributed by atoms with Gasteiger partial charge in [-0.3, -0.25) is 4.79 Å². The topological polar surface area (TPSA) is 70.7 Å². The number of hydrogen-bond acceptors (Lipinski definition) is 4. The highest BCUT2D eigenvalue weighted by molar-refractivity contribution is 5.72. The highest BCUT2D eigenvalue weighted by Crippen LogP contribution is 2.06. The largest absolute Gasteiger partial charge is 0.461 e. The van der Waals surface area contributed by atoms with Crippen LogP contribution in [-0.4, -0.2) is 23.1 Å². The van der Waals surface area contributed by atoms with E-state index in [-0.39, 0.29) is 12.4 Å². The molecule has 1 aromatic rings. The Labute approximate surface area is 83.2 Å². The molecule has 0 atom stereocenters. The molecule has 1 aromatic heterocycles. The van der Waals surface area contributed by atoms with Crippen LogP contribution in [0.3, 0.4) is 0 Å². The Morgan fingerprint density at radius 1 is 1.50 bits per heavy atom. The van der Waals surface area contributed by atoms with E-state index in [1.54, 1.807) is 6.07 Å². The maximum Gasteiger partial charge on any atom is 0.185 e. The Hall–Kier alpha value is -1.13. The van der Waals surface area contributed by atoms with Crippen molar-refractivity contribution in [1.82, 2.24) is 0 Å². The summed E-state index contributed by atoms with van der Waals surface area (Å²) in [6, 6.07) is 1.56. The van der Waals surface area contributed by atoms with Crippen molar-refractivity contribution >= 4 is 6.29 Å². The maximum atomic E-state index is 10.0. The number of aldehydes is 1. The minimum Gasteiger partial charge on any atom is -0.461 e. The molecule has 80 valence electrons. The van der Waals surface area contributed by atoms with Gasteiger partial charge in [0.2, 0.25) is 0 Å². The molecular weight excluding hydrogens is 184 g/mol. The minimum atomic E-state index is -0.148. The SMILES string of the molecule is CCCCO.O=Cc1occc1CO. The molecule has 0 radical (unpaired) electrons. The summed E-state index contributed by atoms with van der Waals surface area (Å²) < 4.78 is 4.68. The van der Waals surface area contributed by atoms with Crippen molar-refractivity contribution in [3.05, 3.63) is 23.7 Å². The summed E-state index contributed by atoms with van der Waals surface area (Å²) in [4.78, 5) is 10.0. The van der Waals surface area contributed by atoms with Gasteiger partial charge in [-0.1, -0.05) is 13.3 Å². The van der Waals surface area contributed by atoms with E-state index >= 15 is 0 Å². The van der Waals surface area contributed by atoms with E-state index in [0.29, 0.717) is 18.5 Å². The van der Waals surface area contributed by atoms with E-state index in [9.17, 15) is 4.79 Å². The molecule has 0 bridgehead atoms. The van der Waals surface area contributed by atoms with Gasteiger partial charge in [-0.2, -0.15) is 0 Å². The van der Waals surface area contributed by atoms with Crippen LogP contribution in [0.5, 0.6) is 0 Å². The number of carbonyl (C=O) groups is 1. The Bertz CT molecular complexity index is 240. The molecule has 0 saturated carbocycles. The number of unbranched alkanes of at least 4 members (excludes halogenated alkanes) is 1. The lowest BCUT2D eigenvalue weighted by molar-refractivity contribution is 0.109. The molecule has 2 N–H and O–H groups in total. The Morgan fingerprint density at radius 2 is 2.21 bits per heavy atom. The second-order valence-electron chi connectivity index (χ2n) is 2.66. The molecule has 0 aliphatic heterocycles. The average Bonchev–Trinajstić information content (AvgIpc) is 2.67. The van der Waals surface area contributed by atoms with E-state index in [2.05, 4.69) is 11.3 Å². The Kier molecular flexibility index (Phi) is 7.78. The van der Waals surface area contributed by atoms with Gasteiger partial charge in [0.15, 0.2) is 12.0 Å². The van der Waals surface area contributed by atoms with Crippen LogP contribution in [0, 0.1) is 0 Å². The highest BCUT2D eigenvalue weighted by Gasteiger charge is 2.00. The molecule has 0 spiro atoms. The van der Waals surface area contributed by atoms with Crippen molar-refractivity contribution in [2.75, 3.05) is 6.61 Å². The lowest BCUT2D eigenvalue weighted by Crippen LogP contribution is -1.84. The van der Waals surface area contributed by atoms with Crippen molar-refractivity contribution in [2.45, 2.75) is 26.4 Å². The summed E-state index contributed by atoms with van der Waals surface area (Å²) in [5, 5.41) is 16.6. The van der Waals surface area contributed by atoms with Crippen molar-refractivity contribution < 1.29 is 19.4 Å². The van der Waals surface area contributed by atoms with Gasteiger partial charge in [-0.25, -0.2) is 0 Å². The standard InChI is InChI=1S/C6H6O3.C4H10O/c7-3-5-1-2-9-6(5)4-8;1-2-3-4-5/h1-2,4,7H,3H2;5H,2-4H2,1H3. The Balaban J connectivity index is 0.000000292. The van der Waals surface area contributed by atoms with Gasteiger partial charge in [0.05, 0.1) is 12.9 Å². The summed E-state index contributed by atoms with van der Waals surface area (Å²) in [5.74, 6) is 0.206. The minimum absolute atomic E-state index is 0.148. The molecular formula is C10H16O4. The molecule has 0 aliphatic rings. The molecule has 0 fully saturated rings. The molecule has 4 nitrogen and oxygen atoms in total. The van der Waals surface area contributed by atoms with Crippen molar-refractivity contribution in [3.63, 3.8) is 0 Å². The van der Waals surface area contributed by atoms with Gasteiger partial charge < -0.3 is 14.6 Å². The van der Waals surface area contributed by atoms with Crippen LogP contribution in [0.15, 0.2) is 16.7 Å². The van der Waals surface area contributed by atoms with Crippen LogP contribution in [0.1, 0.15) is 35.9 Å². The smallest absolute Gasteiger partial charge is 0.185 e. The lowest BCUT2D eigenvalue weighted by Gasteiger charge is -1.85. The van der Waals surface area contributed by atoms with E-state index in [1.807, 2.05) is 0 Å². The van der Waals surface area contributed by atoms with E-state index in [1.165, 1.54) is 6.26 Å². The van der Waals surface area contributed by atoms with Crippen molar-refractivity contribution in [1.29, 1.82) is 0 Å². The first-order valence-corrected chi connectivity index (χ1v) is 4.53. The maximum absolute atomic E-state index is 10.0. The van der Waals surface area contributed by atoms with Crippen LogP contribution in [0.25, 0.3) is 0 Å². The first-order valence-electron chi connectivity index (χ1n) is 4.53. The molecule has 1 rings (SSSR count). The normalized spacial score (nSPS) is 9.07. The zero-order valence-corrected chi connectivity index (χ0v) is 8.27. The number of carbonyl (C=O) groups excluding carboxylic acids is 1. The number of furan rings is 1. The van der Waals surface area contributed by atoms with Crippen LogP contribution >= 0.6 is 0 Å². The first kappa shape index (κ1) is 12.9. The van der Waals surface area contributed by atoms with Crippen molar-refractivity contribution in [2.24, 2.45) is 0 Å². The van der Waals surface area contributed by atoms with Gasteiger partial charge >= 0.3 is 0 Å². The van der Waals surface area contributed by atoms with E-state index in [4.69, 9.17) is 10.2 Å². The number of rotatable bonds is 4. The van der Waals surface area contributed by atoms with Crippen molar-refractivity contribution in [3.8, 4) is 0 Å². The van der Waals surface area contributed by atoms with Gasteiger partial charge in [-0.15, -0.1) is 0 Å². The quantitative estimate of drug-likeness (QED) is 0.720. The number of hydrogen-bond donors (Lipinski definition) is 2. The monoisotopic (exact) mass is 200 g/mol. The predicted molar refractivity (Wildman–Crippen MR) is 52.0 cm³/mol. The zero-order valence-electron chi connectivity index (χ0n) is 8.27. The van der Waals surface area contributed by atoms with Crippen LogP contribution < -0.4 is 0 Å². The third kappa shape index (κ3) is 4.79.